The molecule has 1 aromatic heterocycles. The van der Waals surface area contributed by atoms with Gasteiger partial charge in [-0.1, -0.05) is 0 Å². The third-order valence-corrected chi connectivity index (χ3v) is 4.30. The normalized spacial score (nSPS) is 10.9. The average Bonchev–Trinajstić information content (AvgIpc) is 2.67. The molecule has 0 radical (unpaired) electrons. The van der Waals surface area contributed by atoms with Crippen LogP contribution in [0.3, 0.4) is 0 Å². The van der Waals surface area contributed by atoms with E-state index in [9.17, 15) is 5.11 Å². The Balaban J connectivity index is 2.45. The molecule has 0 aliphatic rings. The van der Waals surface area contributed by atoms with Crippen LogP contribution >= 0.6 is 45.2 Å². The number of hydrogen-bond acceptors (Lipinski definition) is 4. The summed E-state index contributed by atoms with van der Waals surface area (Å²) in [5, 5.41) is 19.1. The molecule has 4 nitrogen and oxygen atoms in total. The topological polar surface area (TPSA) is 69.5 Å². The standard InChI is InChI=1S/C14H10I2N2O2/c1-7-8(2)20-14(11(7)5-17)18-6-9-3-10(15)4-12(16)13(9)19/h3-4,6,19H,1-2H3. The zero-order valence-electron chi connectivity index (χ0n) is 10.7. The molecule has 0 fully saturated rings. The Morgan fingerprint density at radius 1 is 1.35 bits per heavy atom. The van der Waals surface area contributed by atoms with Crippen molar-refractivity contribution in [2.24, 2.45) is 4.99 Å². The molecule has 2 aromatic rings. The lowest BCUT2D eigenvalue weighted by Gasteiger charge is -2.02. The van der Waals surface area contributed by atoms with Crippen LogP contribution in [0.1, 0.15) is 22.5 Å². The zero-order valence-corrected chi connectivity index (χ0v) is 15.1. The van der Waals surface area contributed by atoms with E-state index in [0.717, 1.165) is 12.7 Å². The number of phenols is 1. The average molecular weight is 492 g/mol. The molecule has 0 saturated carbocycles. The number of rotatable bonds is 2. The summed E-state index contributed by atoms with van der Waals surface area (Å²) >= 11 is 4.23. The lowest BCUT2D eigenvalue weighted by Crippen LogP contribution is -1.87. The van der Waals surface area contributed by atoms with Gasteiger partial charge in [0.05, 0.1) is 3.57 Å². The van der Waals surface area contributed by atoms with Crippen LogP contribution in [0.15, 0.2) is 21.5 Å². The number of hydrogen-bond donors (Lipinski definition) is 1. The fraction of sp³-hybridized carbons (Fsp3) is 0.143. The Morgan fingerprint density at radius 3 is 2.70 bits per heavy atom. The molecule has 0 spiro atoms. The maximum Gasteiger partial charge on any atom is 0.237 e. The highest BCUT2D eigenvalue weighted by molar-refractivity contribution is 14.1. The minimum Gasteiger partial charge on any atom is -0.506 e. The fourth-order valence-electron chi connectivity index (χ4n) is 1.64. The van der Waals surface area contributed by atoms with E-state index in [1.807, 2.05) is 19.1 Å². The van der Waals surface area contributed by atoms with Gasteiger partial charge >= 0.3 is 0 Å². The summed E-state index contributed by atoms with van der Waals surface area (Å²) in [7, 11) is 0. The molecule has 0 unspecified atom stereocenters. The van der Waals surface area contributed by atoms with Crippen molar-refractivity contribution in [1.82, 2.24) is 0 Å². The molecule has 6 heteroatoms. The van der Waals surface area contributed by atoms with Crippen LogP contribution in [0.5, 0.6) is 5.75 Å². The van der Waals surface area contributed by atoms with Gasteiger partial charge in [0.1, 0.15) is 23.1 Å². The predicted molar refractivity (Wildman–Crippen MR) is 93.7 cm³/mol. The van der Waals surface area contributed by atoms with Crippen LogP contribution in [-0.2, 0) is 0 Å². The van der Waals surface area contributed by atoms with E-state index in [2.05, 4.69) is 56.2 Å². The van der Waals surface area contributed by atoms with E-state index < -0.39 is 0 Å². The molecule has 102 valence electrons. The summed E-state index contributed by atoms with van der Waals surface area (Å²) in [5.41, 5.74) is 1.82. The summed E-state index contributed by atoms with van der Waals surface area (Å²) in [6.07, 6.45) is 1.51. The first kappa shape index (κ1) is 15.3. The van der Waals surface area contributed by atoms with Gasteiger partial charge in [0.15, 0.2) is 0 Å². The SMILES string of the molecule is Cc1oc(N=Cc2cc(I)cc(I)c2O)c(C#N)c1C. The molecule has 0 bridgehead atoms. The van der Waals surface area contributed by atoms with Crippen molar-refractivity contribution in [2.75, 3.05) is 0 Å². The molecular formula is C14H10I2N2O2. The van der Waals surface area contributed by atoms with Crippen LogP contribution in [0.2, 0.25) is 0 Å². The Hall–Kier alpha value is -1.08. The number of aromatic hydroxyl groups is 1. The third-order valence-electron chi connectivity index (χ3n) is 2.86. The lowest BCUT2D eigenvalue weighted by atomic mass is 10.2. The molecule has 2 rings (SSSR count). The highest BCUT2D eigenvalue weighted by Gasteiger charge is 2.13. The van der Waals surface area contributed by atoms with Crippen molar-refractivity contribution in [3.8, 4) is 11.8 Å². The molecule has 0 aliphatic carbocycles. The largest absolute Gasteiger partial charge is 0.506 e. The van der Waals surface area contributed by atoms with Crippen molar-refractivity contribution >= 4 is 57.3 Å². The van der Waals surface area contributed by atoms with Crippen LogP contribution in [0.25, 0.3) is 0 Å². The zero-order chi connectivity index (χ0) is 14.9. The Kier molecular flexibility index (Phi) is 4.70. The van der Waals surface area contributed by atoms with Gasteiger partial charge in [-0.15, -0.1) is 0 Å². The van der Waals surface area contributed by atoms with E-state index in [1.54, 1.807) is 6.92 Å². The highest BCUT2D eigenvalue weighted by atomic mass is 127. The van der Waals surface area contributed by atoms with Gasteiger partial charge in [-0.2, -0.15) is 5.26 Å². The van der Waals surface area contributed by atoms with Crippen LogP contribution in [0.4, 0.5) is 5.88 Å². The number of phenolic OH excluding ortho intramolecular Hbond substituents is 1. The van der Waals surface area contributed by atoms with Crippen LogP contribution in [-0.4, -0.2) is 11.3 Å². The first-order valence-corrected chi connectivity index (χ1v) is 7.82. The van der Waals surface area contributed by atoms with Crippen molar-refractivity contribution < 1.29 is 9.52 Å². The van der Waals surface area contributed by atoms with Gasteiger partial charge in [0, 0.05) is 20.9 Å². The molecule has 0 amide bonds. The molecule has 0 aliphatic heterocycles. The second-order valence-corrected chi connectivity index (χ2v) is 6.57. The van der Waals surface area contributed by atoms with Gasteiger partial charge < -0.3 is 9.52 Å². The molecule has 1 aromatic carbocycles. The summed E-state index contributed by atoms with van der Waals surface area (Å²) < 4.78 is 7.20. The van der Waals surface area contributed by atoms with Crippen molar-refractivity contribution in [1.29, 1.82) is 5.26 Å². The van der Waals surface area contributed by atoms with Crippen molar-refractivity contribution in [3.63, 3.8) is 0 Å². The van der Waals surface area contributed by atoms with Gasteiger partial charge in [0.25, 0.3) is 0 Å². The van der Waals surface area contributed by atoms with Gasteiger partial charge in [-0.05, 0) is 71.2 Å². The minimum absolute atomic E-state index is 0.174. The summed E-state index contributed by atoms with van der Waals surface area (Å²) in [5.74, 6) is 1.12. The Morgan fingerprint density at radius 2 is 2.05 bits per heavy atom. The summed E-state index contributed by atoms with van der Waals surface area (Å²) in [6, 6.07) is 5.77. The molecule has 0 saturated heterocycles. The fourth-order valence-corrected chi connectivity index (χ4v) is 3.53. The second kappa shape index (κ2) is 6.13. The van der Waals surface area contributed by atoms with Crippen LogP contribution in [0, 0.1) is 32.3 Å². The van der Waals surface area contributed by atoms with Crippen LogP contribution < -0.4 is 0 Å². The van der Waals surface area contributed by atoms with E-state index in [4.69, 9.17) is 9.68 Å². The maximum atomic E-state index is 9.99. The number of furan rings is 1. The number of aliphatic imine (C=N–C) groups is 1. The quantitative estimate of drug-likeness (QED) is 0.499. The van der Waals surface area contributed by atoms with E-state index >= 15 is 0 Å². The molecule has 1 heterocycles. The maximum absolute atomic E-state index is 9.99. The van der Waals surface area contributed by atoms with Crippen molar-refractivity contribution in [2.45, 2.75) is 13.8 Å². The Labute approximate surface area is 143 Å². The number of nitrogens with zero attached hydrogens (tertiary/aromatic N) is 2. The number of aryl methyl sites for hydroxylation is 1. The van der Waals surface area contributed by atoms with Gasteiger partial charge in [-0.25, -0.2) is 4.99 Å². The van der Waals surface area contributed by atoms with Crippen molar-refractivity contribution in [3.05, 3.63) is 41.7 Å². The first-order valence-electron chi connectivity index (χ1n) is 5.66. The summed E-state index contributed by atoms with van der Waals surface area (Å²) in [6.45, 7) is 3.61. The smallest absolute Gasteiger partial charge is 0.237 e. The molecule has 0 atom stereocenters. The summed E-state index contributed by atoms with van der Waals surface area (Å²) in [4.78, 5) is 4.19. The number of nitriles is 1. The monoisotopic (exact) mass is 492 g/mol. The minimum atomic E-state index is 0.174. The predicted octanol–water partition coefficient (Wildman–Crippen LogP) is 4.43. The van der Waals surface area contributed by atoms with Gasteiger partial charge in [0.2, 0.25) is 5.88 Å². The Bertz CT molecular complexity index is 739. The lowest BCUT2D eigenvalue weighted by molar-refractivity contribution is 0.470. The second-order valence-electron chi connectivity index (χ2n) is 4.16. The first-order chi connectivity index (χ1) is 9.43. The molecule has 20 heavy (non-hydrogen) atoms. The van der Waals surface area contributed by atoms with E-state index in [0.29, 0.717) is 16.9 Å². The van der Waals surface area contributed by atoms with Gasteiger partial charge in [-0.3, -0.25) is 0 Å². The molecular weight excluding hydrogens is 482 g/mol. The van der Waals surface area contributed by atoms with E-state index in [-0.39, 0.29) is 11.6 Å². The highest BCUT2D eigenvalue weighted by Crippen LogP contribution is 2.29. The number of halogens is 2. The van der Waals surface area contributed by atoms with E-state index in [1.165, 1.54) is 6.21 Å². The number of benzene rings is 1. The molecule has 1 N–H and O–H groups in total. The third kappa shape index (κ3) is 2.98.